The van der Waals surface area contributed by atoms with Crippen LogP contribution in [-0.2, 0) is 6.42 Å². The Hall–Kier alpha value is -1.38. The van der Waals surface area contributed by atoms with Crippen LogP contribution in [0.5, 0.6) is 0 Å². The maximum atomic E-state index is 4.57. The molecule has 3 rings (SSSR count). The summed E-state index contributed by atoms with van der Waals surface area (Å²) in [5, 5.41) is 0. The van der Waals surface area contributed by atoms with Crippen molar-refractivity contribution in [3.63, 3.8) is 0 Å². The van der Waals surface area contributed by atoms with Crippen molar-refractivity contribution in [2.75, 3.05) is 0 Å². The van der Waals surface area contributed by atoms with Crippen LogP contribution in [0.25, 0.3) is 5.65 Å². The average molecular weight is 173 g/mol. The molecule has 0 N–H and O–H groups in total. The lowest BCUT2D eigenvalue weighted by molar-refractivity contribution is 0.726. The fourth-order valence-electron chi connectivity index (χ4n) is 2.11. The van der Waals surface area contributed by atoms with Gasteiger partial charge in [-0.25, -0.2) is 4.98 Å². The van der Waals surface area contributed by atoms with E-state index < -0.39 is 0 Å². The minimum atomic E-state index is 0.620. The predicted molar refractivity (Wildman–Crippen MR) is 49.7 cm³/mol. The summed E-state index contributed by atoms with van der Waals surface area (Å²) in [5.74, 6) is 0.620. The molecule has 0 aliphatic heterocycles. The van der Waals surface area contributed by atoms with Crippen molar-refractivity contribution in [1.29, 1.82) is 0 Å². The lowest BCUT2D eigenvalue weighted by Gasteiger charge is -1.96. The van der Waals surface area contributed by atoms with E-state index in [4.69, 9.17) is 0 Å². The van der Waals surface area contributed by atoms with Gasteiger partial charge in [0.15, 0.2) is 5.65 Å². The largest absolute Gasteiger partial charge is 0.301 e. The second kappa shape index (κ2) is 2.31. The van der Waals surface area contributed by atoms with E-state index in [-0.39, 0.29) is 0 Å². The van der Waals surface area contributed by atoms with Gasteiger partial charge in [0.05, 0.1) is 11.9 Å². The van der Waals surface area contributed by atoms with E-state index in [1.54, 1.807) is 0 Å². The SMILES string of the molecule is CC1CCc2c1nc1cnccn21. The fourth-order valence-corrected chi connectivity index (χ4v) is 2.11. The van der Waals surface area contributed by atoms with Gasteiger partial charge >= 0.3 is 0 Å². The summed E-state index contributed by atoms with van der Waals surface area (Å²) < 4.78 is 2.16. The van der Waals surface area contributed by atoms with E-state index in [0.29, 0.717) is 5.92 Å². The minimum Gasteiger partial charge on any atom is -0.301 e. The Bertz CT molecular complexity index is 458. The molecule has 0 radical (unpaired) electrons. The molecule has 1 aliphatic rings. The maximum Gasteiger partial charge on any atom is 0.155 e. The summed E-state index contributed by atoms with van der Waals surface area (Å²) in [6.45, 7) is 2.24. The topological polar surface area (TPSA) is 30.2 Å². The first-order valence-corrected chi connectivity index (χ1v) is 4.67. The molecule has 66 valence electrons. The zero-order valence-corrected chi connectivity index (χ0v) is 7.57. The standard InChI is InChI=1S/C10H11N3/c1-7-2-3-8-10(7)12-9-6-11-4-5-13(8)9/h4-7H,2-3H2,1H3. The van der Waals surface area contributed by atoms with Crippen molar-refractivity contribution in [3.05, 3.63) is 30.0 Å². The van der Waals surface area contributed by atoms with E-state index in [0.717, 1.165) is 12.1 Å². The highest BCUT2D eigenvalue weighted by atomic mass is 15.0. The van der Waals surface area contributed by atoms with Crippen LogP contribution >= 0.6 is 0 Å². The monoisotopic (exact) mass is 173 g/mol. The van der Waals surface area contributed by atoms with Crippen LogP contribution in [0.2, 0.25) is 0 Å². The smallest absolute Gasteiger partial charge is 0.155 e. The quantitative estimate of drug-likeness (QED) is 0.608. The highest BCUT2D eigenvalue weighted by molar-refractivity contribution is 5.43. The van der Waals surface area contributed by atoms with Crippen molar-refractivity contribution in [2.24, 2.45) is 0 Å². The molecule has 3 nitrogen and oxygen atoms in total. The van der Waals surface area contributed by atoms with Crippen LogP contribution in [0.15, 0.2) is 18.6 Å². The van der Waals surface area contributed by atoms with Gasteiger partial charge in [-0.3, -0.25) is 4.98 Å². The molecule has 3 heteroatoms. The first-order valence-electron chi connectivity index (χ1n) is 4.67. The highest BCUT2D eigenvalue weighted by Crippen LogP contribution is 2.31. The number of rotatable bonds is 0. The molecule has 2 aromatic heterocycles. The van der Waals surface area contributed by atoms with E-state index in [1.165, 1.54) is 17.8 Å². The Kier molecular flexibility index (Phi) is 1.26. The number of nitrogens with zero attached hydrogens (tertiary/aromatic N) is 3. The number of fused-ring (bicyclic) bond motifs is 3. The first-order chi connectivity index (χ1) is 6.36. The van der Waals surface area contributed by atoms with Crippen LogP contribution in [0.3, 0.4) is 0 Å². The Balaban J connectivity index is 2.38. The van der Waals surface area contributed by atoms with Gasteiger partial charge in [0.1, 0.15) is 0 Å². The van der Waals surface area contributed by atoms with E-state index in [2.05, 4.69) is 21.3 Å². The molecule has 0 fully saturated rings. The predicted octanol–water partition coefficient (Wildman–Crippen LogP) is 1.78. The molecule has 0 aromatic carbocycles. The van der Waals surface area contributed by atoms with Gasteiger partial charge in [0.25, 0.3) is 0 Å². The summed E-state index contributed by atoms with van der Waals surface area (Å²) in [7, 11) is 0. The van der Waals surface area contributed by atoms with Gasteiger partial charge < -0.3 is 4.40 Å². The van der Waals surface area contributed by atoms with Crippen LogP contribution in [0.4, 0.5) is 0 Å². The number of hydrogen-bond donors (Lipinski definition) is 0. The second-order valence-corrected chi connectivity index (χ2v) is 3.69. The fraction of sp³-hybridized carbons (Fsp3) is 0.400. The average Bonchev–Trinajstić information content (AvgIpc) is 2.67. The molecular weight excluding hydrogens is 162 g/mol. The van der Waals surface area contributed by atoms with E-state index >= 15 is 0 Å². The summed E-state index contributed by atoms with van der Waals surface area (Å²) in [5.41, 5.74) is 3.64. The van der Waals surface area contributed by atoms with Gasteiger partial charge in [-0.05, 0) is 12.8 Å². The molecule has 0 saturated carbocycles. The van der Waals surface area contributed by atoms with Gasteiger partial charge in [0.2, 0.25) is 0 Å². The third-order valence-corrected chi connectivity index (χ3v) is 2.84. The third-order valence-electron chi connectivity index (χ3n) is 2.84. The summed E-state index contributed by atoms with van der Waals surface area (Å²) >= 11 is 0. The molecule has 0 bridgehead atoms. The summed E-state index contributed by atoms with van der Waals surface area (Å²) in [4.78, 5) is 8.64. The number of hydrogen-bond acceptors (Lipinski definition) is 2. The first kappa shape index (κ1) is 7.06. The molecule has 1 atom stereocenters. The minimum absolute atomic E-state index is 0.620. The van der Waals surface area contributed by atoms with Crippen LogP contribution in [-0.4, -0.2) is 14.4 Å². The number of aryl methyl sites for hydroxylation is 1. The van der Waals surface area contributed by atoms with E-state index in [1.807, 2.05) is 18.6 Å². The molecule has 0 amide bonds. The Morgan fingerprint density at radius 1 is 1.54 bits per heavy atom. The van der Waals surface area contributed by atoms with Crippen LogP contribution in [0, 0.1) is 0 Å². The van der Waals surface area contributed by atoms with Gasteiger partial charge in [-0.2, -0.15) is 0 Å². The van der Waals surface area contributed by atoms with Gasteiger partial charge in [-0.15, -0.1) is 0 Å². The van der Waals surface area contributed by atoms with Crippen LogP contribution in [0.1, 0.15) is 30.7 Å². The molecule has 13 heavy (non-hydrogen) atoms. The Morgan fingerprint density at radius 2 is 2.46 bits per heavy atom. The lowest BCUT2D eigenvalue weighted by atomic mass is 10.1. The molecular formula is C10H11N3. The molecule has 1 aliphatic carbocycles. The van der Waals surface area contributed by atoms with Crippen LogP contribution < -0.4 is 0 Å². The number of imidazole rings is 1. The van der Waals surface area contributed by atoms with E-state index in [9.17, 15) is 0 Å². The second-order valence-electron chi connectivity index (χ2n) is 3.69. The zero-order valence-electron chi connectivity index (χ0n) is 7.57. The third kappa shape index (κ3) is 0.842. The highest BCUT2D eigenvalue weighted by Gasteiger charge is 2.23. The number of aromatic nitrogens is 3. The molecule has 2 aromatic rings. The Morgan fingerprint density at radius 3 is 3.38 bits per heavy atom. The molecule has 0 spiro atoms. The maximum absolute atomic E-state index is 4.57. The molecule has 0 saturated heterocycles. The molecule has 1 unspecified atom stereocenters. The van der Waals surface area contributed by atoms with Crippen molar-refractivity contribution in [1.82, 2.24) is 14.4 Å². The van der Waals surface area contributed by atoms with Crippen molar-refractivity contribution in [3.8, 4) is 0 Å². The lowest BCUT2D eigenvalue weighted by Crippen LogP contribution is -1.90. The Labute approximate surface area is 76.4 Å². The zero-order chi connectivity index (χ0) is 8.84. The summed E-state index contributed by atoms with van der Waals surface area (Å²) in [6, 6.07) is 0. The van der Waals surface area contributed by atoms with Crippen molar-refractivity contribution < 1.29 is 0 Å². The van der Waals surface area contributed by atoms with Crippen molar-refractivity contribution in [2.45, 2.75) is 25.7 Å². The summed E-state index contributed by atoms with van der Waals surface area (Å²) in [6.07, 6.45) is 8.03. The normalized spacial score (nSPS) is 20.8. The van der Waals surface area contributed by atoms with Crippen molar-refractivity contribution >= 4 is 5.65 Å². The van der Waals surface area contributed by atoms with Gasteiger partial charge in [-0.1, -0.05) is 6.92 Å². The molecule has 2 heterocycles. The van der Waals surface area contributed by atoms with Gasteiger partial charge in [0, 0.05) is 24.0 Å².